The van der Waals surface area contributed by atoms with E-state index >= 15 is 0 Å². The zero-order valence-corrected chi connectivity index (χ0v) is 18.7. The summed E-state index contributed by atoms with van der Waals surface area (Å²) in [6.45, 7) is 9.87. The van der Waals surface area contributed by atoms with Gasteiger partial charge < -0.3 is 10.2 Å². The molecule has 2 nitrogen and oxygen atoms in total. The fourth-order valence-corrected chi connectivity index (χ4v) is 3.31. The molecule has 0 unspecified atom stereocenters. The molecule has 1 rings (SSSR count). The molecule has 2 heteroatoms. The third-order valence-corrected chi connectivity index (χ3v) is 5.06. The molecule has 156 valence electrons. The van der Waals surface area contributed by atoms with E-state index in [4.69, 9.17) is 0 Å². The Kier molecular flexibility index (Phi) is 14.0. The number of unbranched alkanes of at least 4 members (excludes halogenated alkanes) is 5. The van der Waals surface area contributed by atoms with Crippen molar-refractivity contribution in [3.8, 4) is 0 Å². The highest BCUT2D eigenvalue weighted by molar-refractivity contribution is 5.58. The predicted octanol–water partition coefficient (Wildman–Crippen LogP) is 7.00. The minimum absolute atomic E-state index is 1.12. The van der Waals surface area contributed by atoms with E-state index in [2.05, 4.69) is 85.6 Å². The topological polar surface area (TPSA) is 15.3 Å². The molecule has 1 aromatic rings. The Hall–Kier alpha value is -1.80. The van der Waals surface area contributed by atoms with Crippen molar-refractivity contribution in [2.45, 2.75) is 65.7 Å². The minimum atomic E-state index is 1.12. The van der Waals surface area contributed by atoms with Crippen LogP contribution in [0.15, 0.2) is 54.1 Å². The molecule has 0 fully saturated rings. The summed E-state index contributed by atoms with van der Waals surface area (Å²) < 4.78 is 0. The zero-order valence-electron chi connectivity index (χ0n) is 18.7. The Labute approximate surface area is 174 Å². The molecule has 0 aliphatic carbocycles. The molecular weight excluding hydrogens is 340 g/mol. The number of hydrogen-bond donors (Lipinski definition) is 1. The normalized spacial score (nSPS) is 12.4. The maximum Gasteiger partial charge on any atom is 0.0366 e. The second kappa shape index (κ2) is 16.2. The second-order valence-corrected chi connectivity index (χ2v) is 7.43. The van der Waals surface area contributed by atoms with Crippen LogP contribution in [0.5, 0.6) is 0 Å². The number of nitrogens with one attached hydrogen (secondary N) is 1. The van der Waals surface area contributed by atoms with Crippen molar-refractivity contribution in [1.82, 2.24) is 5.32 Å². The summed E-state index contributed by atoms with van der Waals surface area (Å²) in [6, 6.07) is 9.07. The van der Waals surface area contributed by atoms with E-state index in [0.29, 0.717) is 0 Å². The summed E-state index contributed by atoms with van der Waals surface area (Å²) in [7, 11) is 2.04. The Bertz CT molecular complexity index is 581. The van der Waals surface area contributed by atoms with Crippen molar-refractivity contribution in [2.24, 2.45) is 0 Å². The SMILES string of the molecule is C\C=C/C(/C=C/c1ccc(N(CCCCCC)CCCCCNC)cc1)=C\C. The van der Waals surface area contributed by atoms with E-state index in [1.165, 1.54) is 68.3 Å². The average Bonchev–Trinajstić information content (AvgIpc) is 2.73. The van der Waals surface area contributed by atoms with Gasteiger partial charge in [0.25, 0.3) is 0 Å². The molecule has 0 radical (unpaired) electrons. The van der Waals surface area contributed by atoms with Crippen molar-refractivity contribution in [3.63, 3.8) is 0 Å². The lowest BCUT2D eigenvalue weighted by molar-refractivity contribution is 0.602. The van der Waals surface area contributed by atoms with Crippen LogP contribution in [-0.2, 0) is 0 Å². The van der Waals surface area contributed by atoms with Crippen molar-refractivity contribution < 1.29 is 0 Å². The minimum Gasteiger partial charge on any atom is -0.372 e. The Morgan fingerprint density at radius 2 is 1.57 bits per heavy atom. The van der Waals surface area contributed by atoms with Crippen LogP contribution in [0.2, 0.25) is 0 Å². The van der Waals surface area contributed by atoms with Crippen LogP contribution in [0.25, 0.3) is 6.08 Å². The summed E-state index contributed by atoms with van der Waals surface area (Å²) in [6.07, 6.45) is 19.8. The van der Waals surface area contributed by atoms with Gasteiger partial charge in [-0.05, 0) is 70.0 Å². The molecule has 0 bridgehead atoms. The average molecular weight is 383 g/mol. The van der Waals surface area contributed by atoms with Crippen LogP contribution in [-0.4, -0.2) is 26.7 Å². The molecule has 0 aliphatic rings. The third-order valence-electron chi connectivity index (χ3n) is 5.06. The first-order chi connectivity index (χ1) is 13.7. The smallest absolute Gasteiger partial charge is 0.0366 e. The van der Waals surface area contributed by atoms with Crippen molar-refractivity contribution in [2.75, 3.05) is 31.6 Å². The first-order valence-electron chi connectivity index (χ1n) is 11.2. The van der Waals surface area contributed by atoms with Gasteiger partial charge in [-0.2, -0.15) is 0 Å². The lowest BCUT2D eigenvalue weighted by Gasteiger charge is -2.25. The van der Waals surface area contributed by atoms with Crippen molar-refractivity contribution >= 4 is 11.8 Å². The van der Waals surface area contributed by atoms with Gasteiger partial charge in [-0.3, -0.25) is 0 Å². The summed E-state index contributed by atoms with van der Waals surface area (Å²) in [5.74, 6) is 0. The highest BCUT2D eigenvalue weighted by Crippen LogP contribution is 2.19. The van der Waals surface area contributed by atoms with Gasteiger partial charge in [0.15, 0.2) is 0 Å². The Morgan fingerprint density at radius 3 is 2.14 bits per heavy atom. The fourth-order valence-electron chi connectivity index (χ4n) is 3.31. The lowest BCUT2D eigenvalue weighted by Crippen LogP contribution is -2.25. The first-order valence-corrected chi connectivity index (χ1v) is 11.2. The molecule has 1 N–H and O–H groups in total. The van der Waals surface area contributed by atoms with Crippen LogP contribution < -0.4 is 10.2 Å². The third kappa shape index (κ3) is 10.5. The molecule has 28 heavy (non-hydrogen) atoms. The van der Waals surface area contributed by atoms with Crippen LogP contribution in [0, 0.1) is 0 Å². The van der Waals surface area contributed by atoms with E-state index in [-0.39, 0.29) is 0 Å². The number of rotatable bonds is 15. The van der Waals surface area contributed by atoms with Gasteiger partial charge in [0, 0.05) is 18.8 Å². The van der Waals surface area contributed by atoms with Crippen LogP contribution in [0.4, 0.5) is 5.69 Å². The summed E-state index contributed by atoms with van der Waals surface area (Å²) >= 11 is 0. The van der Waals surface area contributed by atoms with Gasteiger partial charge in [-0.15, -0.1) is 0 Å². The fraction of sp³-hybridized carbons (Fsp3) is 0.538. The van der Waals surface area contributed by atoms with Gasteiger partial charge >= 0.3 is 0 Å². The standard InChI is InChI=1S/C26H42N2/c1-5-8-9-12-22-28(23-13-10-11-21-27-4)26-19-17-25(18-20-26)16-15-24(7-3)14-6-2/h6-7,14-20,27H,5,8-13,21-23H2,1-4H3/b14-6-,16-15+,24-7+. The quantitative estimate of drug-likeness (QED) is 0.259. The number of anilines is 1. The molecule has 0 spiro atoms. The molecule has 1 aromatic carbocycles. The monoisotopic (exact) mass is 382 g/mol. The zero-order chi connectivity index (χ0) is 20.5. The van der Waals surface area contributed by atoms with Gasteiger partial charge in [0.1, 0.15) is 0 Å². The highest BCUT2D eigenvalue weighted by Gasteiger charge is 2.06. The van der Waals surface area contributed by atoms with Gasteiger partial charge in [0.2, 0.25) is 0 Å². The van der Waals surface area contributed by atoms with Crippen molar-refractivity contribution in [3.05, 3.63) is 59.7 Å². The summed E-state index contributed by atoms with van der Waals surface area (Å²) in [4.78, 5) is 2.58. The second-order valence-electron chi connectivity index (χ2n) is 7.43. The highest BCUT2D eigenvalue weighted by atomic mass is 15.1. The summed E-state index contributed by atoms with van der Waals surface area (Å²) in [5, 5.41) is 3.25. The van der Waals surface area contributed by atoms with Gasteiger partial charge in [-0.1, -0.05) is 75.1 Å². The van der Waals surface area contributed by atoms with E-state index in [0.717, 1.165) is 13.1 Å². The Morgan fingerprint density at radius 1 is 0.893 bits per heavy atom. The van der Waals surface area contributed by atoms with Gasteiger partial charge in [-0.25, -0.2) is 0 Å². The molecule has 0 atom stereocenters. The molecule has 0 saturated heterocycles. The Balaban J connectivity index is 2.69. The van der Waals surface area contributed by atoms with E-state index in [1.807, 2.05) is 7.05 Å². The predicted molar refractivity (Wildman–Crippen MR) is 128 cm³/mol. The molecule has 0 aliphatic heterocycles. The van der Waals surface area contributed by atoms with Crippen LogP contribution in [0.1, 0.15) is 71.3 Å². The number of nitrogens with zero attached hydrogens (tertiary/aromatic N) is 1. The van der Waals surface area contributed by atoms with E-state index in [9.17, 15) is 0 Å². The number of allylic oxidation sites excluding steroid dienone is 5. The molecule has 0 aromatic heterocycles. The van der Waals surface area contributed by atoms with Crippen molar-refractivity contribution in [1.29, 1.82) is 0 Å². The molecule has 0 saturated carbocycles. The van der Waals surface area contributed by atoms with Crippen LogP contribution in [0.3, 0.4) is 0 Å². The molecular formula is C26H42N2. The maximum absolute atomic E-state index is 3.25. The first kappa shape index (κ1) is 24.2. The number of hydrogen-bond acceptors (Lipinski definition) is 2. The van der Waals surface area contributed by atoms with Crippen LogP contribution >= 0.6 is 0 Å². The van der Waals surface area contributed by atoms with E-state index in [1.54, 1.807) is 0 Å². The lowest BCUT2D eigenvalue weighted by atomic mass is 10.1. The molecule has 0 amide bonds. The number of benzene rings is 1. The molecule has 0 heterocycles. The van der Waals surface area contributed by atoms with E-state index < -0.39 is 0 Å². The van der Waals surface area contributed by atoms with Gasteiger partial charge in [0.05, 0.1) is 0 Å². The maximum atomic E-state index is 3.25. The summed E-state index contributed by atoms with van der Waals surface area (Å²) in [5.41, 5.74) is 3.86. The largest absolute Gasteiger partial charge is 0.372 e.